The van der Waals surface area contributed by atoms with E-state index in [1.165, 1.54) is 7.11 Å². The van der Waals surface area contributed by atoms with Gasteiger partial charge in [-0.15, -0.1) is 0 Å². The van der Waals surface area contributed by atoms with Gasteiger partial charge in [0.2, 0.25) is 0 Å². The van der Waals surface area contributed by atoms with Crippen molar-refractivity contribution in [1.29, 1.82) is 0 Å². The lowest BCUT2D eigenvalue weighted by Crippen LogP contribution is -2.00. The summed E-state index contributed by atoms with van der Waals surface area (Å²) in [7, 11) is 1.32. The number of aromatic amines is 1. The van der Waals surface area contributed by atoms with Gasteiger partial charge in [0.15, 0.2) is 0 Å². The van der Waals surface area contributed by atoms with Gasteiger partial charge in [-0.3, -0.25) is 5.10 Å². The zero-order valence-electron chi connectivity index (χ0n) is 8.83. The molecule has 6 heteroatoms. The molecule has 4 nitrogen and oxygen atoms in total. The normalized spacial score (nSPS) is 10.3. The van der Waals surface area contributed by atoms with Crippen molar-refractivity contribution < 1.29 is 9.53 Å². The molecule has 0 saturated heterocycles. The van der Waals surface area contributed by atoms with Crippen molar-refractivity contribution in [2.75, 3.05) is 7.11 Å². The number of aromatic nitrogens is 2. The Hall–Kier alpha value is -1.33. The number of rotatable bonds is 2. The fourth-order valence-electron chi connectivity index (χ4n) is 1.37. The lowest BCUT2D eigenvalue weighted by Gasteiger charge is -2.00. The number of H-pyrrole nitrogens is 1. The molecule has 0 amide bonds. The molecule has 0 aliphatic rings. The van der Waals surface area contributed by atoms with E-state index in [0.29, 0.717) is 16.4 Å². The highest BCUT2D eigenvalue weighted by Crippen LogP contribution is 2.29. The fourth-order valence-corrected chi connectivity index (χ4v) is 1.99. The molecule has 0 atom stereocenters. The lowest BCUT2D eigenvalue weighted by molar-refractivity contribution is 0.0594. The standard InChI is InChI=1S/C11H8BrClN2O2/c1-17-11(16)10-5-9(14-15-10)7-4-6(13)2-3-8(7)12/h2-5H,1H3,(H,14,15). The number of nitrogens with one attached hydrogen (secondary N) is 1. The number of carbonyl (C=O) groups excluding carboxylic acids is 1. The molecular weight excluding hydrogens is 307 g/mol. The van der Waals surface area contributed by atoms with Crippen molar-refractivity contribution >= 4 is 33.5 Å². The second-order valence-electron chi connectivity index (χ2n) is 3.28. The number of carbonyl (C=O) groups is 1. The maximum Gasteiger partial charge on any atom is 0.356 e. The molecule has 1 aromatic heterocycles. The van der Waals surface area contributed by atoms with Crippen molar-refractivity contribution in [2.24, 2.45) is 0 Å². The van der Waals surface area contributed by atoms with E-state index in [4.69, 9.17) is 11.6 Å². The van der Waals surface area contributed by atoms with Crippen LogP contribution in [-0.2, 0) is 4.74 Å². The van der Waals surface area contributed by atoms with Crippen LogP contribution in [0.3, 0.4) is 0 Å². The highest BCUT2D eigenvalue weighted by molar-refractivity contribution is 9.10. The van der Waals surface area contributed by atoms with Crippen LogP contribution in [0.2, 0.25) is 5.02 Å². The third kappa shape index (κ3) is 2.50. The third-order valence-electron chi connectivity index (χ3n) is 2.19. The van der Waals surface area contributed by atoms with Crippen LogP contribution >= 0.6 is 27.5 Å². The molecule has 17 heavy (non-hydrogen) atoms. The number of ether oxygens (including phenoxy) is 1. The average Bonchev–Trinajstić information content (AvgIpc) is 2.80. The monoisotopic (exact) mass is 314 g/mol. The largest absolute Gasteiger partial charge is 0.464 e. The van der Waals surface area contributed by atoms with Crippen LogP contribution in [0.15, 0.2) is 28.7 Å². The van der Waals surface area contributed by atoms with Gasteiger partial charge in [-0.2, -0.15) is 5.10 Å². The van der Waals surface area contributed by atoms with Crippen LogP contribution in [0.1, 0.15) is 10.5 Å². The van der Waals surface area contributed by atoms with Crippen molar-refractivity contribution in [3.05, 3.63) is 39.5 Å². The molecule has 0 fully saturated rings. The molecule has 0 saturated carbocycles. The van der Waals surface area contributed by atoms with Gasteiger partial charge in [-0.05, 0) is 24.3 Å². The van der Waals surface area contributed by atoms with Crippen molar-refractivity contribution in [3.63, 3.8) is 0 Å². The Morgan fingerprint density at radius 3 is 2.94 bits per heavy atom. The maximum absolute atomic E-state index is 11.3. The number of halogens is 2. The first kappa shape index (κ1) is 12.1. The Morgan fingerprint density at radius 1 is 1.47 bits per heavy atom. The van der Waals surface area contributed by atoms with Gasteiger partial charge in [0.1, 0.15) is 5.69 Å². The Bertz CT molecular complexity index is 568. The van der Waals surface area contributed by atoms with Gasteiger partial charge in [0.25, 0.3) is 0 Å². The van der Waals surface area contributed by atoms with Crippen molar-refractivity contribution in [2.45, 2.75) is 0 Å². The van der Waals surface area contributed by atoms with Gasteiger partial charge >= 0.3 is 5.97 Å². The molecule has 1 N–H and O–H groups in total. The van der Waals surface area contributed by atoms with E-state index in [1.54, 1.807) is 18.2 Å². The van der Waals surface area contributed by atoms with Gasteiger partial charge in [0.05, 0.1) is 12.8 Å². The molecule has 0 unspecified atom stereocenters. The van der Waals surface area contributed by atoms with E-state index in [2.05, 4.69) is 30.9 Å². The summed E-state index contributed by atoms with van der Waals surface area (Å²) in [4.78, 5) is 11.3. The Labute approximate surface area is 111 Å². The third-order valence-corrected chi connectivity index (χ3v) is 3.11. The van der Waals surface area contributed by atoms with Gasteiger partial charge in [-0.25, -0.2) is 4.79 Å². The van der Waals surface area contributed by atoms with Crippen LogP contribution in [0.4, 0.5) is 0 Å². The number of hydrogen-bond donors (Lipinski definition) is 1. The van der Waals surface area contributed by atoms with Crippen LogP contribution < -0.4 is 0 Å². The number of hydrogen-bond acceptors (Lipinski definition) is 3. The molecule has 2 rings (SSSR count). The second-order valence-corrected chi connectivity index (χ2v) is 4.57. The molecule has 1 aromatic carbocycles. The summed E-state index contributed by atoms with van der Waals surface area (Å²) in [6.07, 6.45) is 0. The quantitative estimate of drug-likeness (QED) is 0.865. The molecule has 88 valence electrons. The molecule has 2 aromatic rings. The molecule has 0 aliphatic carbocycles. The zero-order chi connectivity index (χ0) is 12.4. The summed E-state index contributed by atoms with van der Waals surface area (Å²) in [5, 5.41) is 7.26. The van der Waals surface area contributed by atoms with Gasteiger partial charge in [-0.1, -0.05) is 27.5 Å². The molecule has 0 spiro atoms. The summed E-state index contributed by atoms with van der Waals surface area (Å²) < 4.78 is 5.44. The van der Waals surface area contributed by atoms with Crippen LogP contribution in [0.5, 0.6) is 0 Å². The first-order valence-corrected chi connectivity index (χ1v) is 5.88. The molecule has 1 heterocycles. The fraction of sp³-hybridized carbons (Fsp3) is 0.0909. The summed E-state index contributed by atoms with van der Waals surface area (Å²) in [6.45, 7) is 0. The SMILES string of the molecule is COC(=O)c1cc(-c2cc(Cl)ccc2Br)n[nH]1. The minimum Gasteiger partial charge on any atom is -0.464 e. The van der Waals surface area contributed by atoms with Crippen LogP contribution in [0.25, 0.3) is 11.3 Å². The Morgan fingerprint density at radius 2 is 2.24 bits per heavy atom. The van der Waals surface area contributed by atoms with Crippen LogP contribution in [0, 0.1) is 0 Å². The number of benzene rings is 1. The van der Waals surface area contributed by atoms with E-state index in [0.717, 1.165) is 10.0 Å². The number of esters is 1. The van der Waals surface area contributed by atoms with Crippen LogP contribution in [-0.4, -0.2) is 23.3 Å². The zero-order valence-corrected chi connectivity index (χ0v) is 11.2. The first-order valence-electron chi connectivity index (χ1n) is 4.71. The molecule has 0 aliphatic heterocycles. The van der Waals surface area contributed by atoms with E-state index in [-0.39, 0.29) is 0 Å². The highest BCUT2D eigenvalue weighted by atomic mass is 79.9. The van der Waals surface area contributed by atoms with Gasteiger partial charge in [0, 0.05) is 15.1 Å². The van der Waals surface area contributed by atoms with Crippen molar-refractivity contribution in [1.82, 2.24) is 10.2 Å². The lowest BCUT2D eigenvalue weighted by atomic mass is 10.1. The Kier molecular flexibility index (Phi) is 3.49. The summed E-state index contributed by atoms with van der Waals surface area (Å²) in [6, 6.07) is 6.97. The predicted octanol–water partition coefficient (Wildman–Crippen LogP) is 3.28. The highest BCUT2D eigenvalue weighted by Gasteiger charge is 2.13. The number of methoxy groups -OCH3 is 1. The minimum atomic E-state index is -0.457. The molecule has 0 radical (unpaired) electrons. The minimum absolute atomic E-state index is 0.300. The van der Waals surface area contributed by atoms with Crippen molar-refractivity contribution in [3.8, 4) is 11.3 Å². The average molecular weight is 316 g/mol. The summed E-state index contributed by atoms with van der Waals surface area (Å²) in [5.74, 6) is -0.457. The first-order chi connectivity index (χ1) is 8.11. The predicted molar refractivity (Wildman–Crippen MR) is 68.1 cm³/mol. The van der Waals surface area contributed by atoms with E-state index < -0.39 is 5.97 Å². The van der Waals surface area contributed by atoms with E-state index in [1.807, 2.05) is 6.07 Å². The second kappa shape index (κ2) is 4.89. The Balaban J connectivity index is 2.43. The topological polar surface area (TPSA) is 55.0 Å². The smallest absolute Gasteiger partial charge is 0.356 e. The maximum atomic E-state index is 11.3. The van der Waals surface area contributed by atoms with E-state index in [9.17, 15) is 4.79 Å². The summed E-state index contributed by atoms with van der Waals surface area (Å²) in [5.41, 5.74) is 1.73. The summed E-state index contributed by atoms with van der Waals surface area (Å²) >= 11 is 9.31. The van der Waals surface area contributed by atoms with Gasteiger partial charge < -0.3 is 4.74 Å². The van der Waals surface area contributed by atoms with E-state index >= 15 is 0 Å². The molecular formula is C11H8BrClN2O2. The number of nitrogens with zero attached hydrogens (tertiary/aromatic N) is 1. The molecule has 0 bridgehead atoms.